The third-order valence-corrected chi connectivity index (χ3v) is 11.6. The fourth-order valence-electron chi connectivity index (χ4n) is 7.95. The van der Waals surface area contributed by atoms with Gasteiger partial charge in [0.15, 0.2) is 0 Å². The molecule has 0 spiro atoms. The van der Waals surface area contributed by atoms with Crippen LogP contribution in [0.25, 0.3) is 0 Å². The lowest BCUT2D eigenvalue weighted by molar-refractivity contribution is -0.139. The van der Waals surface area contributed by atoms with Crippen LogP contribution in [0.15, 0.2) is 42.5 Å². The van der Waals surface area contributed by atoms with Crippen LogP contribution in [-0.2, 0) is 31.6 Å². The van der Waals surface area contributed by atoms with E-state index < -0.39 is 28.5 Å². The van der Waals surface area contributed by atoms with Gasteiger partial charge in [-0.15, -0.1) is 0 Å². The molecule has 0 unspecified atom stereocenters. The van der Waals surface area contributed by atoms with Crippen LogP contribution in [0.2, 0.25) is 10.0 Å². The Bertz CT molecular complexity index is 1410. The van der Waals surface area contributed by atoms with Crippen molar-refractivity contribution < 1.29 is 18.0 Å². The molecule has 4 saturated carbocycles. The zero-order chi connectivity index (χ0) is 31.1. The van der Waals surface area contributed by atoms with Crippen LogP contribution in [0, 0.1) is 23.7 Å². The molecule has 0 aromatic heterocycles. The van der Waals surface area contributed by atoms with E-state index in [1.54, 1.807) is 25.1 Å². The van der Waals surface area contributed by atoms with Crippen molar-refractivity contribution in [1.82, 2.24) is 10.2 Å². The number of sulfonamides is 1. The fraction of sp³-hybridized carbons (Fsp3) is 0.576. The van der Waals surface area contributed by atoms with Gasteiger partial charge in [0.25, 0.3) is 0 Å². The first-order valence-corrected chi connectivity index (χ1v) is 17.9. The molecule has 0 heterocycles. The number of carbonyl (C=O) groups excluding carboxylic acids is 2. The molecule has 4 aliphatic rings. The molecule has 234 valence electrons. The summed E-state index contributed by atoms with van der Waals surface area (Å²) in [6.07, 6.45) is 8.79. The first kappa shape index (κ1) is 32.1. The highest BCUT2D eigenvalue weighted by Gasteiger charge is 2.51. The van der Waals surface area contributed by atoms with Crippen molar-refractivity contribution in [3.8, 4) is 0 Å². The van der Waals surface area contributed by atoms with E-state index in [9.17, 15) is 18.0 Å². The van der Waals surface area contributed by atoms with Crippen molar-refractivity contribution in [1.29, 1.82) is 0 Å². The van der Waals surface area contributed by atoms with Gasteiger partial charge in [0.1, 0.15) is 12.6 Å². The molecule has 6 rings (SSSR count). The van der Waals surface area contributed by atoms with E-state index in [2.05, 4.69) is 17.4 Å². The number of nitrogens with zero attached hydrogens (tertiary/aromatic N) is 2. The van der Waals surface area contributed by atoms with Gasteiger partial charge in [-0.3, -0.25) is 13.9 Å². The van der Waals surface area contributed by atoms with Crippen molar-refractivity contribution >= 4 is 50.7 Å². The second-order valence-electron chi connectivity index (χ2n) is 13.6. The smallest absolute Gasteiger partial charge is 0.244 e. The third kappa shape index (κ3) is 7.02. The largest absolute Gasteiger partial charge is 0.354 e. The van der Waals surface area contributed by atoms with Crippen LogP contribution in [-0.4, -0.2) is 50.5 Å². The maximum absolute atomic E-state index is 13.9. The van der Waals surface area contributed by atoms with E-state index in [-0.39, 0.29) is 23.8 Å². The summed E-state index contributed by atoms with van der Waals surface area (Å²) in [5, 5.41) is 3.60. The number of anilines is 1. The monoisotopic (exact) mass is 647 g/mol. The van der Waals surface area contributed by atoms with Crippen molar-refractivity contribution in [3.05, 3.63) is 63.6 Å². The van der Waals surface area contributed by atoms with Gasteiger partial charge in [-0.25, -0.2) is 8.42 Å². The molecule has 1 N–H and O–H groups in total. The van der Waals surface area contributed by atoms with E-state index in [4.69, 9.17) is 23.2 Å². The van der Waals surface area contributed by atoms with Gasteiger partial charge < -0.3 is 10.2 Å². The average Bonchev–Trinajstić information content (AvgIpc) is 2.93. The number of carbonyl (C=O) groups is 2. The SMILES string of the molecule is CC(C)CNC(=O)[C@H](C)N(Cc1c(Cl)cccc1Cl)C(=O)CN(c1ccc(C23CC4CC(CC(C4)C2)C3)cc1)S(C)(=O)=O. The van der Waals surface area contributed by atoms with E-state index in [0.29, 0.717) is 27.8 Å². The van der Waals surface area contributed by atoms with Crippen LogP contribution < -0.4 is 9.62 Å². The number of hydrogen-bond acceptors (Lipinski definition) is 4. The highest BCUT2D eigenvalue weighted by molar-refractivity contribution is 7.92. The third-order valence-electron chi connectivity index (χ3n) is 9.73. The molecular formula is C33H43Cl2N3O4S. The van der Waals surface area contributed by atoms with E-state index in [1.165, 1.54) is 49.0 Å². The Hall–Kier alpha value is -2.29. The lowest BCUT2D eigenvalue weighted by Crippen LogP contribution is -2.51. The van der Waals surface area contributed by atoms with E-state index in [1.807, 2.05) is 26.0 Å². The van der Waals surface area contributed by atoms with Crippen LogP contribution in [0.3, 0.4) is 0 Å². The van der Waals surface area contributed by atoms with Gasteiger partial charge in [-0.1, -0.05) is 55.2 Å². The summed E-state index contributed by atoms with van der Waals surface area (Å²) in [4.78, 5) is 28.4. The predicted octanol–water partition coefficient (Wildman–Crippen LogP) is 6.42. The number of halogens is 2. The van der Waals surface area contributed by atoms with Gasteiger partial charge >= 0.3 is 0 Å². The summed E-state index contributed by atoms with van der Waals surface area (Å²) in [5.74, 6) is 1.76. The summed E-state index contributed by atoms with van der Waals surface area (Å²) in [6, 6.07) is 11.9. The maximum Gasteiger partial charge on any atom is 0.244 e. The molecule has 4 bridgehead atoms. The van der Waals surface area contributed by atoms with Gasteiger partial charge in [-0.05, 0) is 104 Å². The number of hydrogen-bond donors (Lipinski definition) is 1. The van der Waals surface area contributed by atoms with Gasteiger partial charge in [-0.2, -0.15) is 0 Å². The molecule has 2 aromatic rings. The van der Waals surface area contributed by atoms with E-state index >= 15 is 0 Å². The molecule has 2 amide bonds. The van der Waals surface area contributed by atoms with Gasteiger partial charge in [0.2, 0.25) is 21.8 Å². The van der Waals surface area contributed by atoms with Gasteiger partial charge in [0, 0.05) is 28.7 Å². The quantitative estimate of drug-likeness (QED) is 0.305. The topological polar surface area (TPSA) is 86.8 Å². The van der Waals surface area contributed by atoms with Crippen molar-refractivity contribution in [2.24, 2.45) is 23.7 Å². The number of benzene rings is 2. The predicted molar refractivity (Wildman–Crippen MR) is 173 cm³/mol. The number of amides is 2. The summed E-state index contributed by atoms with van der Waals surface area (Å²) in [6.45, 7) is 5.54. The molecule has 2 aromatic carbocycles. The molecule has 1 atom stereocenters. The van der Waals surface area contributed by atoms with Crippen LogP contribution in [0.4, 0.5) is 5.69 Å². The van der Waals surface area contributed by atoms with Crippen LogP contribution in [0.1, 0.15) is 70.4 Å². The first-order chi connectivity index (χ1) is 20.3. The zero-order valence-electron chi connectivity index (χ0n) is 25.5. The lowest BCUT2D eigenvalue weighted by Gasteiger charge is -2.57. The van der Waals surface area contributed by atoms with Crippen molar-refractivity contribution in [2.45, 2.75) is 77.3 Å². The Balaban J connectivity index is 1.40. The Morgan fingerprint density at radius 2 is 1.47 bits per heavy atom. The molecule has 4 fully saturated rings. The minimum atomic E-state index is -3.83. The summed E-state index contributed by atoms with van der Waals surface area (Å²) in [5.41, 5.74) is 2.38. The maximum atomic E-state index is 13.9. The van der Waals surface area contributed by atoms with Gasteiger partial charge in [0.05, 0.1) is 11.9 Å². The highest BCUT2D eigenvalue weighted by atomic mass is 35.5. The molecule has 10 heteroatoms. The Morgan fingerprint density at radius 1 is 0.930 bits per heavy atom. The Kier molecular flexibility index (Phi) is 9.41. The molecular weight excluding hydrogens is 605 g/mol. The summed E-state index contributed by atoms with van der Waals surface area (Å²) >= 11 is 12.9. The van der Waals surface area contributed by atoms with Crippen LogP contribution >= 0.6 is 23.2 Å². The second-order valence-corrected chi connectivity index (χ2v) is 16.3. The minimum absolute atomic E-state index is 0.0455. The standard InChI is InChI=1S/C33H43Cl2N3O4S/c1-21(2)18-36-32(40)22(3)37(19-28-29(34)6-5-7-30(28)35)31(39)20-38(43(4,41)42)27-10-8-26(9-11-27)33-15-23-12-24(16-33)14-25(13-23)17-33/h5-11,21-25H,12-20H2,1-4H3,(H,36,40)/t22-,23?,24?,25?,33?/m0/s1. The average molecular weight is 649 g/mol. The number of rotatable bonds is 11. The van der Waals surface area contributed by atoms with Crippen molar-refractivity contribution in [3.63, 3.8) is 0 Å². The minimum Gasteiger partial charge on any atom is -0.354 e. The Morgan fingerprint density at radius 3 is 1.95 bits per heavy atom. The number of nitrogens with one attached hydrogen (secondary N) is 1. The molecule has 0 radical (unpaired) electrons. The molecule has 43 heavy (non-hydrogen) atoms. The second kappa shape index (κ2) is 12.6. The molecule has 4 aliphatic carbocycles. The summed E-state index contributed by atoms with van der Waals surface area (Å²) in [7, 11) is -3.83. The fourth-order valence-corrected chi connectivity index (χ4v) is 9.31. The first-order valence-electron chi connectivity index (χ1n) is 15.3. The Labute approximate surface area is 266 Å². The molecule has 0 saturated heterocycles. The highest BCUT2D eigenvalue weighted by Crippen LogP contribution is 2.60. The zero-order valence-corrected chi connectivity index (χ0v) is 27.8. The summed E-state index contributed by atoms with van der Waals surface area (Å²) < 4.78 is 27.3. The molecule has 0 aliphatic heterocycles. The lowest BCUT2D eigenvalue weighted by atomic mass is 9.48. The normalized spacial score (nSPS) is 25.0. The van der Waals surface area contributed by atoms with Crippen molar-refractivity contribution in [2.75, 3.05) is 23.7 Å². The van der Waals surface area contributed by atoms with E-state index in [0.717, 1.165) is 28.3 Å². The van der Waals surface area contributed by atoms with Crippen LogP contribution in [0.5, 0.6) is 0 Å². The molecule has 7 nitrogen and oxygen atoms in total.